The van der Waals surface area contributed by atoms with Gasteiger partial charge in [-0.2, -0.15) is 0 Å². The van der Waals surface area contributed by atoms with Crippen LogP contribution >= 0.6 is 0 Å². The van der Waals surface area contributed by atoms with Crippen LogP contribution < -0.4 is 9.64 Å². The summed E-state index contributed by atoms with van der Waals surface area (Å²) in [6.45, 7) is 4.94. The third-order valence-corrected chi connectivity index (χ3v) is 5.28. The highest BCUT2D eigenvalue weighted by Crippen LogP contribution is 2.22. The summed E-state index contributed by atoms with van der Waals surface area (Å²) in [6.07, 6.45) is 4.25. The molecule has 0 aromatic heterocycles. The molecule has 4 nitrogen and oxygen atoms in total. The third kappa shape index (κ3) is 5.03. The minimum Gasteiger partial charge on any atom is -0.496 e. The van der Waals surface area contributed by atoms with Crippen LogP contribution in [-0.4, -0.2) is 38.1 Å². The van der Waals surface area contributed by atoms with Gasteiger partial charge >= 0.3 is 0 Å². The number of likely N-dealkylation sites (N-methyl/N-ethyl adjacent to an activating group) is 1. The van der Waals surface area contributed by atoms with Crippen LogP contribution in [0, 0.1) is 6.92 Å². The number of aryl methyl sites for hydroxylation is 1. The Kier molecular flexibility index (Phi) is 6.38. The first-order valence-corrected chi connectivity index (χ1v) is 9.78. The molecule has 0 aliphatic carbocycles. The zero-order valence-corrected chi connectivity index (χ0v) is 16.7. The number of piperidine rings is 1. The largest absolute Gasteiger partial charge is 0.496 e. The van der Waals surface area contributed by atoms with E-state index in [9.17, 15) is 4.79 Å². The molecule has 1 aliphatic heterocycles. The van der Waals surface area contributed by atoms with Crippen molar-refractivity contribution in [3.63, 3.8) is 0 Å². The molecule has 0 N–H and O–H groups in total. The Hall–Kier alpha value is -2.49. The summed E-state index contributed by atoms with van der Waals surface area (Å²) in [6, 6.07) is 14.6. The van der Waals surface area contributed by atoms with Crippen LogP contribution in [0.1, 0.15) is 36.0 Å². The van der Waals surface area contributed by atoms with Crippen LogP contribution in [0.5, 0.6) is 5.75 Å². The zero-order chi connectivity index (χ0) is 19.2. The minimum absolute atomic E-state index is 0.0963. The standard InChI is InChI=1S/C23H30N2O2/c1-18-7-12-22(27-3)20(15-18)16-23(26)24(2)17-19-8-10-21(11-9-19)25-13-5-4-6-14-25/h7-12,15H,4-6,13-14,16-17H2,1-3H3. The first-order chi connectivity index (χ1) is 13.1. The zero-order valence-electron chi connectivity index (χ0n) is 16.7. The van der Waals surface area contributed by atoms with E-state index in [1.54, 1.807) is 12.0 Å². The molecule has 0 spiro atoms. The molecule has 0 bridgehead atoms. The average Bonchev–Trinajstić information content (AvgIpc) is 2.69. The van der Waals surface area contributed by atoms with Crippen molar-refractivity contribution in [2.45, 2.75) is 39.2 Å². The predicted octanol–water partition coefficient (Wildman–Crippen LogP) is 4.20. The van der Waals surface area contributed by atoms with Crippen molar-refractivity contribution in [2.24, 2.45) is 0 Å². The van der Waals surface area contributed by atoms with Crippen molar-refractivity contribution < 1.29 is 9.53 Å². The van der Waals surface area contributed by atoms with Crippen molar-refractivity contribution in [3.05, 3.63) is 59.2 Å². The Labute approximate surface area is 162 Å². The molecule has 3 rings (SSSR count). The summed E-state index contributed by atoms with van der Waals surface area (Å²) in [4.78, 5) is 16.9. The normalized spacial score (nSPS) is 14.1. The number of rotatable bonds is 6. The molecule has 27 heavy (non-hydrogen) atoms. The van der Waals surface area contributed by atoms with Crippen molar-refractivity contribution in [3.8, 4) is 5.75 Å². The van der Waals surface area contributed by atoms with Crippen molar-refractivity contribution in [1.29, 1.82) is 0 Å². The molecule has 1 heterocycles. The van der Waals surface area contributed by atoms with Crippen molar-refractivity contribution in [2.75, 3.05) is 32.1 Å². The van der Waals surface area contributed by atoms with E-state index in [1.165, 1.54) is 24.9 Å². The molecule has 0 unspecified atom stereocenters. The smallest absolute Gasteiger partial charge is 0.227 e. The molecular formula is C23H30N2O2. The summed E-state index contributed by atoms with van der Waals surface area (Å²) in [7, 11) is 3.51. The number of methoxy groups -OCH3 is 1. The fraction of sp³-hybridized carbons (Fsp3) is 0.435. The number of hydrogen-bond donors (Lipinski definition) is 0. The number of ether oxygens (including phenoxy) is 1. The molecule has 0 saturated carbocycles. The van der Waals surface area contributed by atoms with E-state index in [0.29, 0.717) is 13.0 Å². The molecule has 0 radical (unpaired) electrons. The second-order valence-electron chi connectivity index (χ2n) is 7.46. The molecule has 144 valence electrons. The maximum Gasteiger partial charge on any atom is 0.227 e. The van der Waals surface area contributed by atoms with Gasteiger partial charge in [-0.3, -0.25) is 4.79 Å². The number of amides is 1. The Morgan fingerprint density at radius 2 is 1.78 bits per heavy atom. The van der Waals surface area contributed by atoms with Gasteiger partial charge in [0.1, 0.15) is 5.75 Å². The number of nitrogens with zero attached hydrogens (tertiary/aromatic N) is 2. The van der Waals surface area contributed by atoms with Crippen molar-refractivity contribution >= 4 is 11.6 Å². The maximum atomic E-state index is 12.7. The number of carbonyl (C=O) groups is 1. The summed E-state index contributed by atoms with van der Waals surface area (Å²) < 4.78 is 5.39. The van der Waals surface area contributed by atoms with Gasteiger partial charge < -0.3 is 14.5 Å². The Balaban J connectivity index is 1.60. The van der Waals surface area contributed by atoms with Crippen LogP contribution in [0.4, 0.5) is 5.69 Å². The lowest BCUT2D eigenvalue weighted by atomic mass is 10.1. The molecule has 4 heteroatoms. The predicted molar refractivity (Wildman–Crippen MR) is 110 cm³/mol. The minimum atomic E-state index is 0.0963. The lowest BCUT2D eigenvalue weighted by Crippen LogP contribution is -2.29. The second kappa shape index (κ2) is 8.94. The molecule has 2 aromatic rings. The average molecular weight is 367 g/mol. The highest BCUT2D eigenvalue weighted by molar-refractivity contribution is 5.79. The van der Waals surface area contributed by atoms with Crippen LogP contribution in [-0.2, 0) is 17.8 Å². The summed E-state index contributed by atoms with van der Waals surface area (Å²) in [5, 5.41) is 0. The first kappa shape index (κ1) is 19.3. The van der Waals surface area contributed by atoms with Crippen LogP contribution in [0.15, 0.2) is 42.5 Å². The third-order valence-electron chi connectivity index (χ3n) is 5.28. The number of anilines is 1. The topological polar surface area (TPSA) is 32.8 Å². The maximum absolute atomic E-state index is 12.7. The van der Waals surface area contributed by atoms with Gasteiger partial charge in [0.2, 0.25) is 5.91 Å². The fourth-order valence-electron chi connectivity index (χ4n) is 3.67. The van der Waals surface area contributed by atoms with E-state index >= 15 is 0 Å². The van der Waals surface area contributed by atoms with Gasteiger partial charge in [-0.05, 0) is 49.9 Å². The van der Waals surface area contributed by atoms with Gasteiger partial charge in [0.25, 0.3) is 0 Å². The van der Waals surface area contributed by atoms with Crippen LogP contribution in [0.3, 0.4) is 0 Å². The highest BCUT2D eigenvalue weighted by Gasteiger charge is 2.14. The van der Waals surface area contributed by atoms with Gasteiger partial charge in [0.15, 0.2) is 0 Å². The molecule has 1 aliphatic rings. The fourth-order valence-corrected chi connectivity index (χ4v) is 3.67. The van der Waals surface area contributed by atoms with Gasteiger partial charge in [0.05, 0.1) is 13.5 Å². The lowest BCUT2D eigenvalue weighted by Gasteiger charge is -2.29. The number of benzene rings is 2. The Bertz CT molecular complexity index is 764. The molecule has 2 aromatic carbocycles. The van der Waals surface area contributed by atoms with E-state index in [2.05, 4.69) is 29.2 Å². The van der Waals surface area contributed by atoms with Crippen molar-refractivity contribution in [1.82, 2.24) is 4.90 Å². The van der Waals surface area contributed by atoms with E-state index in [0.717, 1.165) is 35.5 Å². The monoisotopic (exact) mass is 366 g/mol. The van der Waals surface area contributed by atoms with Gasteiger partial charge in [-0.1, -0.05) is 29.8 Å². The summed E-state index contributed by atoms with van der Waals surface area (Å²) >= 11 is 0. The van der Waals surface area contributed by atoms with Gasteiger partial charge in [0, 0.05) is 37.9 Å². The Morgan fingerprint density at radius 1 is 1.07 bits per heavy atom. The molecule has 1 fully saturated rings. The van der Waals surface area contributed by atoms with Gasteiger partial charge in [-0.25, -0.2) is 0 Å². The van der Waals surface area contributed by atoms with Gasteiger partial charge in [-0.15, -0.1) is 0 Å². The van der Waals surface area contributed by atoms with E-state index in [1.807, 2.05) is 32.2 Å². The second-order valence-corrected chi connectivity index (χ2v) is 7.46. The Morgan fingerprint density at radius 3 is 2.44 bits per heavy atom. The van der Waals surface area contributed by atoms with Crippen LogP contribution in [0.2, 0.25) is 0 Å². The summed E-state index contributed by atoms with van der Waals surface area (Å²) in [5.74, 6) is 0.868. The number of hydrogen-bond acceptors (Lipinski definition) is 3. The van der Waals surface area contributed by atoms with E-state index in [-0.39, 0.29) is 5.91 Å². The molecule has 1 saturated heterocycles. The molecular weight excluding hydrogens is 336 g/mol. The van der Waals surface area contributed by atoms with Crippen LogP contribution in [0.25, 0.3) is 0 Å². The highest BCUT2D eigenvalue weighted by atomic mass is 16.5. The SMILES string of the molecule is COc1ccc(C)cc1CC(=O)N(C)Cc1ccc(N2CCCCC2)cc1. The quantitative estimate of drug-likeness (QED) is 0.768. The molecule has 0 atom stereocenters. The lowest BCUT2D eigenvalue weighted by molar-refractivity contribution is -0.129. The first-order valence-electron chi connectivity index (χ1n) is 9.78. The van der Waals surface area contributed by atoms with E-state index < -0.39 is 0 Å². The molecule has 1 amide bonds. The number of carbonyl (C=O) groups excluding carboxylic acids is 1. The summed E-state index contributed by atoms with van der Waals surface area (Å²) in [5.41, 5.74) is 4.52. The van der Waals surface area contributed by atoms with E-state index in [4.69, 9.17) is 4.74 Å².